The van der Waals surface area contributed by atoms with E-state index in [1.54, 1.807) is 6.33 Å². The monoisotopic (exact) mass is 269 g/mol. The summed E-state index contributed by atoms with van der Waals surface area (Å²) in [6, 6.07) is 8.87. The van der Waals surface area contributed by atoms with Gasteiger partial charge in [-0.25, -0.2) is 15.8 Å². The van der Waals surface area contributed by atoms with Gasteiger partial charge in [-0.2, -0.15) is 0 Å². The molecular formula is C15H19N5. The Morgan fingerprint density at radius 1 is 1.35 bits per heavy atom. The molecule has 2 heterocycles. The number of nitrogens with one attached hydrogen (secondary N) is 1. The molecule has 1 aromatic carbocycles. The highest BCUT2D eigenvalue weighted by Crippen LogP contribution is 2.39. The number of aromatic nitrogens is 2. The number of nitrogens with zero attached hydrogens (tertiary/aromatic N) is 3. The molecule has 1 aliphatic rings. The molecular weight excluding hydrogens is 250 g/mol. The maximum atomic E-state index is 5.56. The minimum Gasteiger partial charge on any atom is -0.323 e. The van der Waals surface area contributed by atoms with Crippen LogP contribution in [-0.2, 0) is 12.8 Å². The first-order chi connectivity index (χ1) is 9.76. The Hall–Kier alpha value is -2.14. The van der Waals surface area contributed by atoms with Crippen LogP contribution in [0.5, 0.6) is 0 Å². The van der Waals surface area contributed by atoms with Crippen LogP contribution in [-0.4, -0.2) is 16.0 Å². The van der Waals surface area contributed by atoms with Crippen molar-refractivity contribution in [1.82, 2.24) is 9.97 Å². The van der Waals surface area contributed by atoms with Crippen LogP contribution in [0.2, 0.25) is 0 Å². The molecule has 3 N–H and O–H groups in total. The molecule has 2 aromatic rings. The summed E-state index contributed by atoms with van der Waals surface area (Å²) >= 11 is 0. The second kappa shape index (κ2) is 5.09. The smallest absolute Gasteiger partial charge is 0.148 e. The number of anilines is 3. The topological polar surface area (TPSA) is 67.1 Å². The fraction of sp³-hybridized carbons (Fsp3) is 0.333. The largest absolute Gasteiger partial charge is 0.323 e. The second-order valence-corrected chi connectivity index (χ2v) is 5.07. The van der Waals surface area contributed by atoms with Gasteiger partial charge in [0, 0.05) is 17.3 Å². The van der Waals surface area contributed by atoms with Gasteiger partial charge in [0.1, 0.15) is 18.0 Å². The first kappa shape index (κ1) is 12.9. The molecule has 0 fully saturated rings. The summed E-state index contributed by atoms with van der Waals surface area (Å²) in [6.07, 6.45) is 3.44. The number of rotatable bonds is 3. The lowest BCUT2D eigenvalue weighted by Gasteiger charge is -2.26. The lowest BCUT2D eigenvalue weighted by Crippen LogP contribution is -2.27. The fourth-order valence-electron chi connectivity index (χ4n) is 2.95. The van der Waals surface area contributed by atoms with Gasteiger partial charge in [0.05, 0.1) is 0 Å². The van der Waals surface area contributed by atoms with E-state index in [0.717, 1.165) is 24.2 Å². The summed E-state index contributed by atoms with van der Waals surface area (Å²) in [4.78, 5) is 11.0. The lowest BCUT2D eigenvalue weighted by atomic mass is 10.1. The third kappa shape index (κ3) is 1.91. The number of nitrogens with two attached hydrogens (primary N) is 1. The van der Waals surface area contributed by atoms with Gasteiger partial charge >= 0.3 is 0 Å². The lowest BCUT2D eigenvalue weighted by molar-refractivity contribution is 0.744. The first-order valence-electron chi connectivity index (χ1n) is 6.93. The normalized spacial score (nSPS) is 17.1. The Morgan fingerprint density at radius 3 is 2.90 bits per heavy atom. The highest BCUT2D eigenvalue weighted by atomic mass is 15.3. The molecule has 0 saturated heterocycles. The molecule has 0 aliphatic carbocycles. The van der Waals surface area contributed by atoms with E-state index in [9.17, 15) is 0 Å². The van der Waals surface area contributed by atoms with Crippen molar-refractivity contribution in [2.45, 2.75) is 32.7 Å². The van der Waals surface area contributed by atoms with E-state index in [1.807, 2.05) is 0 Å². The molecule has 0 amide bonds. The highest BCUT2D eigenvalue weighted by Gasteiger charge is 2.29. The Kier molecular flexibility index (Phi) is 3.28. The summed E-state index contributed by atoms with van der Waals surface area (Å²) < 4.78 is 0. The van der Waals surface area contributed by atoms with E-state index in [1.165, 1.54) is 11.3 Å². The third-order valence-electron chi connectivity index (χ3n) is 3.85. The molecule has 5 nitrogen and oxygen atoms in total. The quantitative estimate of drug-likeness (QED) is 0.661. The molecule has 1 atom stereocenters. The number of hydrazine groups is 1. The van der Waals surface area contributed by atoms with Crippen LogP contribution < -0.4 is 16.2 Å². The van der Waals surface area contributed by atoms with Gasteiger partial charge in [0.2, 0.25) is 0 Å². The first-order valence-corrected chi connectivity index (χ1v) is 6.93. The highest BCUT2D eigenvalue weighted by molar-refractivity contribution is 5.73. The molecule has 1 unspecified atom stereocenters. The van der Waals surface area contributed by atoms with Crippen molar-refractivity contribution in [3.63, 3.8) is 0 Å². The summed E-state index contributed by atoms with van der Waals surface area (Å²) in [6.45, 7) is 4.31. The summed E-state index contributed by atoms with van der Waals surface area (Å²) in [5.74, 6) is 7.22. The summed E-state index contributed by atoms with van der Waals surface area (Å²) in [5, 5.41) is 0. The van der Waals surface area contributed by atoms with Crippen molar-refractivity contribution in [2.75, 3.05) is 10.3 Å². The SMILES string of the molecule is CCc1c(NN)ncnc1N1c2ccccc2CC1C. The van der Waals surface area contributed by atoms with Crippen LogP contribution >= 0.6 is 0 Å². The van der Waals surface area contributed by atoms with Crippen LogP contribution in [0.15, 0.2) is 30.6 Å². The van der Waals surface area contributed by atoms with Crippen molar-refractivity contribution in [1.29, 1.82) is 0 Å². The van der Waals surface area contributed by atoms with E-state index in [0.29, 0.717) is 11.9 Å². The molecule has 1 aromatic heterocycles. The van der Waals surface area contributed by atoms with Crippen molar-refractivity contribution in [2.24, 2.45) is 5.84 Å². The zero-order valence-corrected chi connectivity index (χ0v) is 11.8. The molecule has 0 radical (unpaired) electrons. The summed E-state index contributed by atoms with van der Waals surface area (Å²) in [7, 11) is 0. The predicted molar refractivity (Wildman–Crippen MR) is 81.0 cm³/mol. The number of hydrogen-bond acceptors (Lipinski definition) is 5. The van der Waals surface area contributed by atoms with Crippen molar-refractivity contribution >= 4 is 17.3 Å². The average Bonchev–Trinajstić information content (AvgIpc) is 2.81. The van der Waals surface area contributed by atoms with E-state index < -0.39 is 0 Å². The fourth-order valence-corrected chi connectivity index (χ4v) is 2.95. The number of nitrogen functional groups attached to an aromatic ring is 1. The van der Waals surface area contributed by atoms with E-state index in [4.69, 9.17) is 5.84 Å². The van der Waals surface area contributed by atoms with E-state index >= 15 is 0 Å². The minimum absolute atomic E-state index is 0.387. The molecule has 3 rings (SSSR count). The Balaban J connectivity index is 2.14. The van der Waals surface area contributed by atoms with Crippen LogP contribution in [0.1, 0.15) is 25.0 Å². The maximum absolute atomic E-state index is 5.56. The van der Waals surface area contributed by atoms with Crippen LogP contribution in [0.25, 0.3) is 0 Å². The van der Waals surface area contributed by atoms with Crippen molar-refractivity contribution < 1.29 is 0 Å². The molecule has 1 aliphatic heterocycles. The zero-order valence-electron chi connectivity index (χ0n) is 11.8. The van der Waals surface area contributed by atoms with Gasteiger partial charge in [-0.15, -0.1) is 0 Å². The van der Waals surface area contributed by atoms with Crippen LogP contribution in [0.4, 0.5) is 17.3 Å². The van der Waals surface area contributed by atoms with Gasteiger partial charge in [0.25, 0.3) is 0 Å². The van der Waals surface area contributed by atoms with E-state index in [2.05, 4.69) is 58.4 Å². The second-order valence-electron chi connectivity index (χ2n) is 5.07. The standard InChI is InChI=1S/C15H19N5/c1-3-12-14(19-16)17-9-18-15(12)20-10(2)8-11-6-4-5-7-13(11)20/h4-7,9-10H,3,8,16H2,1-2H3,(H,17,18,19). The molecule has 20 heavy (non-hydrogen) atoms. The minimum atomic E-state index is 0.387. The molecule has 0 bridgehead atoms. The Morgan fingerprint density at radius 2 is 2.15 bits per heavy atom. The average molecular weight is 269 g/mol. The maximum Gasteiger partial charge on any atom is 0.148 e. The van der Waals surface area contributed by atoms with Gasteiger partial charge in [-0.1, -0.05) is 25.1 Å². The third-order valence-corrected chi connectivity index (χ3v) is 3.85. The van der Waals surface area contributed by atoms with Gasteiger partial charge in [-0.3, -0.25) is 0 Å². The number of benzene rings is 1. The van der Waals surface area contributed by atoms with Crippen molar-refractivity contribution in [3.8, 4) is 0 Å². The number of para-hydroxylation sites is 1. The molecule has 5 heteroatoms. The van der Waals surface area contributed by atoms with Crippen molar-refractivity contribution in [3.05, 3.63) is 41.7 Å². The van der Waals surface area contributed by atoms with Gasteiger partial charge in [0.15, 0.2) is 0 Å². The van der Waals surface area contributed by atoms with Crippen LogP contribution in [0.3, 0.4) is 0 Å². The number of fused-ring (bicyclic) bond motifs is 1. The predicted octanol–water partition coefficient (Wildman–Crippen LogP) is 2.41. The zero-order chi connectivity index (χ0) is 14.1. The van der Waals surface area contributed by atoms with Gasteiger partial charge < -0.3 is 10.3 Å². The Labute approximate surface area is 118 Å². The summed E-state index contributed by atoms with van der Waals surface area (Å²) in [5.41, 5.74) is 6.32. The number of hydrogen-bond donors (Lipinski definition) is 2. The van der Waals surface area contributed by atoms with E-state index in [-0.39, 0.29) is 0 Å². The molecule has 0 saturated carbocycles. The molecule has 0 spiro atoms. The Bertz CT molecular complexity index is 625. The molecule has 104 valence electrons. The van der Waals surface area contributed by atoms with Crippen LogP contribution in [0, 0.1) is 0 Å². The van der Waals surface area contributed by atoms with Gasteiger partial charge in [-0.05, 0) is 31.4 Å².